The molecule has 0 aliphatic rings. The third kappa shape index (κ3) is 4.26. The van der Waals surface area contributed by atoms with Gasteiger partial charge in [0.25, 0.3) is 0 Å². The summed E-state index contributed by atoms with van der Waals surface area (Å²) >= 11 is 0. The summed E-state index contributed by atoms with van der Waals surface area (Å²) in [6.45, 7) is 4.00. The van der Waals surface area contributed by atoms with E-state index in [1.807, 2.05) is 42.5 Å². The molecule has 0 fully saturated rings. The zero-order valence-corrected chi connectivity index (χ0v) is 13.8. The Morgan fingerprint density at radius 2 is 1.64 bits per heavy atom. The maximum absolute atomic E-state index is 12.4. The van der Waals surface area contributed by atoms with Gasteiger partial charge in [-0.1, -0.05) is 42.5 Å². The van der Waals surface area contributed by atoms with Crippen molar-refractivity contribution in [1.29, 1.82) is 0 Å². The first kappa shape index (κ1) is 16.9. The van der Waals surface area contributed by atoms with E-state index in [4.69, 9.17) is 9.05 Å². The maximum atomic E-state index is 12.4. The van der Waals surface area contributed by atoms with E-state index in [2.05, 4.69) is 0 Å². The van der Waals surface area contributed by atoms with Crippen molar-refractivity contribution in [2.75, 3.05) is 19.4 Å². The van der Waals surface area contributed by atoms with Crippen molar-refractivity contribution in [1.82, 2.24) is 0 Å². The number of hydrogen-bond acceptors (Lipinski definition) is 4. The molecule has 0 unspecified atom stereocenters. The van der Waals surface area contributed by atoms with Gasteiger partial charge in [-0.2, -0.15) is 0 Å². The largest absolute Gasteiger partial charge is 0.338 e. The lowest BCUT2D eigenvalue weighted by molar-refractivity contribution is -0.116. The smallest absolute Gasteiger partial charge is 0.309 e. The molecular weight excluding hydrogens is 299 g/mol. The van der Waals surface area contributed by atoms with Crippen LogP contribution in [0.25, 0.3) is 10.8 Å². The van der Waals surface area contributed by atoms with Crippen LogP contribution in [0.4, 0.5) is 0 Å². The molecule has 2 rings (SSSR count). The highest BCUT2D eigenvalue weighted by Gasteiger charge is 2.27. The molecule has 0 aliphatic heterocycles. The van der Waals surface area contributed by atoms with E-state index in [1.54, 1.807) is 13.8 Å². The van der Waals surface area contributed by atoms with Crippen molar-refractivity contribution in [3.05, 3.63) is 48.0 Å². The number of rotatable bonds is 8. The first-order chi connectivity index (χ1) is 10.6. The van der Waals surface area contributed by atoms with Gasteiger partial charge in [0, 0.05) is 6.42 Å². The lowest BCUT2D eigenvalue weighted by Gasteiger charge is -2.16. The van der Waals surface area contributed by atoms with Gasteiger partial charge < -0.3 is 9.05 Å². The highest BCUT2D eigenvalue weighted by atomic mass is 31.2. The Labute approximate surface area is 131 Å². The van der Waals surface area contributed by atoms with Crippen LogP contribution in [0.15, 0.2) is 42.5 Å². The Bertz CT molecular complexity index is 681. The van der Waals surface area contributed by atoms with Crippen LogP contribution < -0.4 is 0 Å². The number of Topliss-reactive ketones (excluding diaryl/α,β-unsaturated/α-hetero) is 1. The van der Waals surface area contributed by atoms with Crippen LogP contribution in [0.2, 0.25) is 0 Å². The third-order valence-electron chi connectivity index (χ3n) is 3.29. The summed E-state index contributed by atoms with van der Waals surface area (Å²) in [6.07, 6.45) is 0.0450. The molecule has 5 heteroatoms. The van der Waals surface area contributed by atoms with Crippen molar-refractivity contribution in [3.8, 4) is 0 Å². The zero-order valence-electron chi connectivity index (χ0n) is 13.0. The Morgan fingerprint density at radius 1 is 1.00 bits per heavy atom. The van der Waals surface area contributed by atoms with Crippen LogP contribution >= 0.6 is 7.60 Å². The topological polar surface area (TPSA) is 52.6 Å². The lowest BCUT2D eigenvalue weighted by Crippen LogP contribution is -2.12. The van der Waals surface area contributed by atoms with E-state index in [-0.39, 0.29) is 31.6 Å². The van der Waals surface area contributed by atoms with Crippen LogP contribution in [0.3, 0.4) is 0 Å². The summed E-state index contributed by atoms with van der Waals surface area (Å²) in [6, 6.07) is 13.8. The number of fused-ring (bicyclic) bond motifs is 1. The minimum atomic E-state index is -3.32. The molecule has 0 bridgehead atoms. The number of ketones is 1. The van der Waals surface area contributed by atoms with Crippen LogP contribution in [0, 0.1) is 0 Å². The summed E-state index contributed by atoms with van der Waals surface area (Å²) in [5, 5.41) is 2.13. The molecule has 4 nitrogen and oxygen atoms in total. The summed E-state index contributed by atoms with van der Waals surface area (Å²) < 4.78 is 22.8. The highest BCUT2D eigenvalue weighted by molar-refractivity contribution is 7.54. The van der Waals surface area contributed by atoms with Gasteiger partial charge in [-0.25, -0.2) is 0 Å². The Balaban J connectivity index is 2.15. The second-order valence-electron chi connectivity index (χ2n) is 4.96. The maximum Gasteiger partial charge on any atom is 0.338 e. The fraction of sp³-hybridized carbons (Fsp3) is 0.353. The number of carbonyl (C=O) groups is 1. The molecule has 0 saturated carbocycles. The molecule has 0 amide bonds. The molecule has 0 radical (unpaired) electrons. The number of hydrogen-bond donors (Lipinski definition) is 0. The molecule has 2 aromatic rings. The number of carbonyl (C=O) groups excluding carboxylic acids is 1. The second kappa shape index (κ2) is 7.68. The summed E-state index contributed by atoms with van der Waals surface area (Å²) in [5.41, 5.74) is 0.933. The highest BCUT2D eigenvalue weighted by Crippen LogP contribution is 2.48. The van der Waals surface area contributed by atoms with Gasteiger partial charge in [-0.15, -0.1) is 0 Å². The van der Waals surface area contributed by atoms with Crippen molar-refractivity contribution >= 4 is 24.2 Å². The van der Waals surface area contributed by atoms with E-state index in [0.717, 1.165) is 16.3 Å². The molecular formula is C17H21O4P. The standard InChI is InChI=1S/C17H21O4P/c1-3-20-22(19,21-4-2)13-16(18)12-15-10-7-9-14-8-5-6-11-17(14)15/h5-11H,3-4,12-13H2,1-2H3. The van der Waals surface area contributed by atoms with Crippen molar-refractivity contribution < 1.29 is 18.4 Å². The molecule has 118 valence electrons. The van der Waals surface area contributed by atoms with E-state index >= 15 is 0 Å². The average molecular weight is 320 g/mol. The van der Waals surface area contributed by atoms with E-state index in [1.165, 1.54) is 0 Å². The Hall–Kier alpha value is -1.48. The van der Waals surface area contributed by atoms with Crippen LogP contribution in [-0.4, -0.2) is 25.2 Å². The van der Waals surface area contributed by atoms with Crippen molar-refractivity contribution in [2.24, 2.45) is 0 Å². The van der Waals surface area contributed by atoms with E-state index in [9.17, 15) is 9.36 Å². The van der Waals surface area contributed by atoms with Gasteiger partial charge in [0.1, 0.15) is 11.9 Å². The first-order valence-electron chi connectivity index (χ1n) is 7.44. The second-order valence-corrected chi connectivity index (χ2v) is 7.01. The minimum absolute atomic E-state index is 0.137. The Morgan fingerprint density at radius 3 is 2.32 bits per heavy atom. The van der Waals surface area contributed by atoms with Gasteiger partial charge in [0.15, 0.2) is 0 Å². The van der Waals surface area contributed by atoms with Crippen LogP contribution in [-0.2, 0) is 24.8 Å². The molecule has 22 heavy (non-hydrogen) atoms. The average Bonchev–Trinajstić information content (AvgIpc) is 2.47. The van der Waals surface area contributed by atoms with E-state index < -0.39 is 7.60 Å². The number of benzene rings is 2. The molecule has 0 heterocycles. The molecule has 0 aliphatic carbocycles. The zero-order chi connectivity index (χ0) is 16.0. The monoisotopic (exact) mass is 320 g/mol. The van der Waals surface area contributed by atoms with Crippen LogP contribution in [0.5, 0.6) is 0 Å². The molecule has 0 atom stereocenters. The van der Waals surface area contributed by atoms with Crippen molar-refractivity contribution in [2.45, 2.75) is 20.3 Å². The normalized spacial score (nSPS) is 11.7. The molecule has 0 N–H and O–H groups in total. The Kier molecular flexibility index (Phi) is 5.90. The third-order valence-corrected chi connectivity index (χ3v) is 5.33. The minimum Gasteiger partial charge on any atom is -0.309 e. The predicted molar refractivity (Wildman–Crippen MR) is 88.4 cm³/mol. The molecule has 0 spiro atoms. The quantitative estimate of drug-likeness (QED) is 0.683. The fourth-order valence-electron chi connectivity index (χ4n) is 2.45. The van der Waals surface area contributed by atoms with E-state index in [0.29, 0.717) is 0 Å². The molecule has 0 saturated heterocycles. The summed E-state index contributed by atoms with van der Waals surface area (Å²) in [5.74, 6) is -0.137. The SMILES string of the molecule is CCOP(=O)(CC(=O)Cc1cccc2ccccc12)OCC. The van der Waals surface area contributed by atoms with Gasteiger partial charge in [-0.3, -0.25) is 9.36 Å². The van der Waals surface area contributed by atoms with Crippen molar-refractivity contribution in [3.63, 3.8) is 0 Å². The first-order valence-corrected chi connectivity index (χ1v) is 9.17. The summed E-state index contributed by atoms with van der Waals surface area (Å²) in [7, 11) is -3.32. The van der Waals surface area contributed by atoms with Gasteiger partial charge >= 0.3 is 7.60 Å². The van der Waals surface area contributed by atoms with Gasteiger partial charge in [-0.05, 0) is 30.2 Å². The van der Waals surface area contributed by atoms with Gasteiger partial charge in [0.05, 0.1) is 13.2 Å². The molecule has 2 aromatic carbocycles. The summed E-state index contributed by atoms with van der Waals surface area (Å²) in [4.78, 5) is 12.3. The van der Waals surface area contributed by atoms with Crippen LogP contribution in [0.1, 0.15) is 19.4 Å². The predicted octanol–water partition coefficient (Wildman–Crippen LogP) is 4.22. The molecule has 0 aromatic heterocycles. The lowest BCUT2D eigenvalue weighted by atomic mass is 10.0. The fourth-order valence-corrected chi connectivity index (χ4v) is 4.04. The van der Waals surface area contributed by atoms with Gasteiger partial charge in [0.2, 0.25) is 0 Å².